The van der Waals surface area contributed by atoms with Crippen LogP contribution in [0.3, 0.4) is 0 Å². The van der Waals surface area contributed by atoms with Gasteiger partial charge in [-0.05, 0) is 40.7 Å². The monoisotopic (exact) mass is 495 g/mol. The second-order valence-electron chi connectivity index (χ2n) is 8.08. The molecule has 0 amide bonds. The molecule has 0 aromatic rings. The van der Waals surface area contributed by atoms with Crippen molar-refractivity contribution in [2.45, 2.75) is 64.5 Å². The number of halogens is 1. The number of guanidine groups is 1. The van der Waals surface area contributed by atoms with Crippen molar-refractivity contribution in [1.29, 1.82) is 0 Å². The Kier molecular flexibility index (Phi) is 12.2. The van der Waals surface area contributed by atoms with Gasteiger partial charge in [0.1, 0.15) is 0 Å². The first kappa shape index (κ1) is 24.9. The summed E-state index contributed by atoms with van der Waals surface area (Å²) in [7, 11) is 2.17. The van der Waals surface area contributed by atoms with Crippen LogP contribution in [0.25, 0.3) is 0 Å². The van der Waals surface area contributed by atoms with E-state index in [1.54, 1.807) is 0 Å². The first-order valence-electron chi connectivity index (χ1n) is 10.6. The van der Waals surface area contributed by atoms with Crippen LogP contribution in [0.5, 0.6) is 0 Å². The van der Waals surface area contributed by atoms with Gasteiger partial charge in [-0.3, -0.25) is 9.89 Å². The predicted octanol–water partition coefficient (Wildman–Crippen LogP) is 2.53. The number of rotatable bonds is 8. The fourth-order valence-electron chi connectivity index (χ4n) is 4.00. The predicted molar refractivity (Wildman–Crippen MR) is 125 cm³/mol. The summed E-state index contributed by atoms with van der Waals surface area (Å²) < 4.78 is 5.59. The van der Waals surface area contributed by atoms with E-state index in [1.165, 1.54) is 32.1 Å². The number of morpholine rings is 1. The third-order valence-corrected chi connectivity index (χ3v) is 5.98. The van der Waals surface area contributed by atoms with Gasteiger partial charge in [-0.25, -0.2) is 0 Å². The van der Waals surface area contributed by atoms with E-state index >= 15 is 0 Å². The van der Waals surface area contributed by atoms with Crippen molar-refractivity contribution in [3.8, 4) is 0 Å². The summed E-state index contributed by atoms with van der Waals surface area (Å²) in [5.74, 6) is 0.961. The Morgan fingerprint density at radius 3 is 2.41 bits per heavy atom. The van der Waals surface area contributed by atoms with Crippen molar-refractivity contribution >= 4 is 29.9 Å². The minimum atomic E-state index is 0. The highest BCUT2D eigenvalue weighted by molar-refractivity contribution is 14.0. The lowest BCUT2D eigenvalue weighted by molar-refractivity contribution is -0.0333. The molecule has 1 saturated carbocycles. The molecular weight excluding hydrogens is 453 g/mol. The van der Waals surface area contributed by atoms with Crippen LogP contribution in [0.4, 0.5) is 0 Å². The number of hydrogen-bond donors (Lipinski definition) is 2. The maximum Gasteiger partial charge on any atom is 0.191 e. The Bertz CT molecular complexity index is 421. The lowest BCUT2D eigenvalue weighted by atomic mass is 9.80. The van der Waals surface area contributed by atoms with Crippen LogP contribution in [0.15, 0.2) is 4.99 Å². The Morgan fingerprint density at radius 1 is 1.15 bits per heavy atom. The topological polar surface area (TPSA) is 52.1 Å². The van der Waals surface area contributed by atoms with Crippen LogP contribution in [-0.2, 0) is 4.74 Å². The summed E-state index contributed by atoms with van der Waals surface area (Å²) in [5, 5.41) is 6.94. The molecule has 27 heavy (non-hydrogen) atoms. The van der Waals surface area contributed by atoms with Gasteiger partial charge in [-0.1, -0.05) is 19.3 Å². The van der Waals surface area contributed by atoms with Crippen molar-refractivity contribution in [3.63, 3.8) is 0 Å². The first-order chi connectivity index (χ1) is 12.6. The van der Waals surface area contributed by atoms with Crippen LogP contribution in [0.2, 0.25) is 0 Å². The number of nitrogens with zero attached hydrogens (tertiary/aromatic N) is 3. The van der Waals surface area contributed by atoms with Gasteiger partial charge in [0.15, 0.2) is 5.96 Å². The van der Waals surface area contributed by atoms with Gasteiger partial charge in [0, 0.05) is 44.3 Å². The minimum absolute atomic E-state index is 0. The summed E-state index contributed by atoms with van der Waals surface area (Å²) in [6.07, 6.45) is 6.57. The van der Waals surface area contributed by atoms with Gasteiger partial charge in [0.25, 0.3) is 0 Å². The molecular formula is C20H42IN5O. The second kappa shape index (κ2) is 13.2. The molecule has 0 unspecified atom stereocenters. The molecule has 7 heteroatoms. The Hall–Kier alpha value is -0.120. The quantitative estimate of drug-likeness (QED) is 0.308. The van der Waals surface area contributed by atoms with E-state index in [0.717, 1.165) is 58.4 Å². The third kappa shape index (κ3) is 8.03. The fourth-order valence-corrected chi connectivity index (χ4v) is 4.00. The van der Waals surface area contributed by atoms with Crippen LogP contribution >= 0.6 is 24.0 Å². The number of likely N-dealkylation sites (N-methyl/N-ethyl adjacent to an activating group) is 1. The lowest BCUT2D eigenvalue weighted by Gasteiger charge is -2.47. The highest BCUT2D eigenvalue weighted by atomic mass is 127. The molecule has 2 rings (SSSR count). The summed E-state index contributed by atoms with van der Waals surface area (Å²) in [4.78, 5) is 10.0. The second-order valence-corrected chi connectivity index (χ2v) is 8.08. The molecule has 1 aliphatic carbocycles. The van der Waals surface area contributed by atoms with E-state index in [1.807, 2.05) is 0 Å². The summed E-state index contributed by atoms with van der Waals surface area (Å²) in [6, 6.07) is 0.572. The van der Waals surface area contributed by atoms with Crippen molar-refractivity contribution in [1.82, 2.24) is 20.4 Å². The van der Waals surface area contributed by atoms with E-state index < -0.39 is 0 Å². The molecule has 0 radical (unpaired) electrons. The van der Waals surface area contributed by atoms with Gasteiger partial charge >= 0.3 is 0 Å². The highest BCUT2D eigenvalue weighted by Gasteiger charge is 2.38. The van der Waals surface area contributed by atoms with Crippen molar-refractivity contribution in [3.05, 3.63) is 0 Å². The van der Waals surface area contributed by atoms with Gasteiger partial charge in [0.05, 0.1) is 19.8 Å². The average molecular weight is 495 g/mol. The highest BCUT2D eigenvalue weighted by Crippen LogP contribution is 2.34. The standard InChI is InChI=1S/C20H41N5O.HI/c1-5-21-19(22-11-12-24(4)18(2)3)23-17-20(9-7-6-8-10-20)25-13-15-26-16-14-25;/h18H,5-17H2,1-4H3,(H2,21,22,23);1H. The zero-order chi connectivity index (χ0) is 18.8. The van der Waals surface area contributed by atoms with Crippen LogP contribution in [0, 0.1) is 0 Å². The maximum atomic E-state index is 5.59. The molecule has 2 aliphatic rings. The van der Waals surface area contributed by atoms with Crippen molar-refractivity contribution < 1.29 is 4.74 Å². The van der Waals surface area contributed by atoms with Gasteiger partial charge in [-0.2, -0.15) is 0 Å². The maximum absolute atomic E-state index is 5.59. The number of ether oxygens (including phenoxy) is 1. The average Bonchev–Trinajstić information content (AvgIpc) is 2.67. The lowest BCUT2D eigenvalue weighted by Crippen LogP contribution is -2.56. The molecule has 0 atom stereocenters. The summed E-state index contributed by atoms with van der Waals surface area (Å²) in [5.41, 5.74) is 0.235. The zero-order valence-corrected chi connectivity index (χ0v) is 20.3. The normalized spacial score (nSPS) is 21.2. The van der Waals surface area contributed by atoms with E-state index in [0.29, 0.717) is 6.04 Å². The molecule has 1 saturated heterocycles. The third-order valence-electron chi connectivity index (χ3n) is 5.98. The zero-order valence-electron chi connectivity index (χ0n) is 17.9. The van der Waals surface area contributed by atoms with Crippen LogP contribution in [-0.4, -0.2) is 86.9 Å². The largest absolute Gasteiger partial charge is 0.379 e. The van der Waals surface area contributed by atoms with Gasteiger partial charge < -0.3 is 20.3 Å². The minimum Gasteiger partial charge on any atom is -0.379 e. The number of nitrogens with one attached hydrogen (secondary N) is 2. The van der Waals surface area contributed by atoms with Crippen molar-refractivity contribution in [2.75, 3.05) is 59.5 Å². The molecule has 2 fully saturated rings. The smallest absolute Gasteiger partial charge is 0.191 e. The van der Waals surface area contributed by atoms with Crippen molar-refractivity contribution in [2.24, 2.45) is 4.99 Å². The fraction of sp³-hybridized carbons (Fsp3) is 0.950. The van der Waals surface area contributed by atoms with Crippen LogP contribution < -0.4 is 10.6 Å². The molecule has 160 valence electrons. The number of hydrogen-bond acceptors (Lipinski definition) is 4. The summed E-state index contributed by atoms with van der Waals surface area (Å²) in [6.45, 7) is 14.2. The van der Waals surface area contributed by atoms with E-state index in [2.05, 4.69) is 48.3 Å². The molecule has 1 aliphatic heterocycles. The molecule has 2 N–H and O–H groups in total. The van der Waals surface area contributed by atoms with E-state index in [-0.39, 0.29) is 29.5 Å². The molecule has 1 heterocycles. The molecule has 0 aromatic carbocycles. The molecule has 0 spiro atoms. The Labute approximate surface area is 183 Å². The van der Waals surface area contributed by atoms with E-state index in [4.69, 9.17) is 9.73 Å². The van der Waals surface area contributed by atoms with Crippen LogP contribution in [0.1, 0.15) is 52.9 Å². The van der Waals surface area contributed by atoms with E-state index in [9.17, 15) is 0 Å². The summed E-state index contributed by atoms with van der Waals surface area (Å²) >= 11 is 0. The van der Waals surface area contributed by atoms with Gasteiger partial charge in [-0.15, -0.1) is 24.0 Å². The molecule has 0 bridgehead atoms. The number of aliphatic imine (C=N–C) groups is 1. The van der Waals surface area contributed by atoms with Gasteiger partial charge in [0.2, 0.25) is 0 Å². The Balaban J connectivity index is 0.00000364. The SMILES string of the molecule is CCNC(=NCC1(N2CCOCC2)CCCCC1)NCCN(C)C(C)C.I. The Morgan fingerprint density at radius 2 is 1.81 bits per heavy atom. The molecule has 0 aromatic heterocycles. The molecule has 6 nitrogen and oxygen atoms in total. The first-order valence-corrected chi connectivity index (χ1v) is 10.6.